The molecule has 1 aliphatic rings. The lowest BCUT2D eigenvalue weighted by Crippen LogP contribution is -2.43. The fourth-order valence-electron chi connectivity index (χ4n) is 2.17. The average molecular weight is 313 g/mol. The molecule has 1 fully saturated rings. The van der Waals surface area contributed by atoms with Gasteiger partial charge in [0.2, 0.25) is 15.9 Å². The maximum Gasteiger partial charge on any atom is 0.229 e. The monoisotopic (exact) mass is 313 g/mol. The number of nitrogens with zero attached hydrogens (tertiary/aromatic N) is 2. The lowest BCUT2D eigenvalue weighted by molar-refractivity contribution is -0.120. The zero-order chi connectivity index (χ0) is 14.8. The van der Waals surface area contributed by atoms with Crippen molar-refractivity contribution in [1.82, 2.24) is 4.31 Å². The van der Waals surface area contributed by atoms with Crippen LogP contribution in [0.3, 0.4) is 0 Å². The van der Waals surface area contributed by atoms with Gasteiger partial charge in [0.15, 0.2) is 0 Å². The molecule has 1 aromatic heterocycles. The van der Waals surface area contributed by atoms with Gasteiger partial charge in [-0.2, -0.15) is 5.26 Å². The number of hydrogen-bond donors (Lipinski definition) is 1. The van der Waals surface area contributed by atoms with E-state index < -0.39 is 10.0 Å². The van der Waals surface area contributed by atoms with E-state index >= 15 is 0 Å². The molecule has 1 amide bonds. The molecule has 0 radical (unpaired) electrons. The number of piperidine rings is 1. The number of anilines is 1. The van der Waals surface area contributed by atoms with Crippen molar-refractivity contribution in [2.75, 3.05) is 24.7 Å². The third-order valence-electron chi connectivity index (χ3n) is 3.25. The molecule has 0 saturated carbocycles. The Hall–Kier alpha value is -1.43. The molecule has 8 heteroatoms. The lowest BCUT2D eigenvalue weighted by Gasteiger charge is -2.29. The summed E-state index contributed by atoms with van der Waals surface area (Å²) in [5.74, 6) is -0.593. The van der Waals surface area contributed by atoms with E-state index in [4.69, 9.17) is 5.26 Å². The quantitative estimate of drug-likeness (QED) is 0.908. The third-order valence-corrected chi connectivity index (χ3v) is 5.35. The van der Waals surface area contributed by atoms with Crippen molar-refractivity contribution >= 4 is 32.3 Å². The van der Waals surface area contributed by atoms with Crippen molar-refractivity contribution in [3.8, 4) is 6.07 Å². The molecular weight excluding hydrogens is 298 g/mol. The van der Waals surface area contributed by atoms with E-state index in [1.54, 1.807) is 11.4 Å². The number of carbonyl (C=O) groups excluding carboxylic acids is 1. The molecule has 2 rings (SSSR count). The number of carbonyl (C=O) groups is 1. The predicted octanol–water partition coefficient (Wildman–Crippen LogP) is 1.23. The van der Waals surface area contributed by atoms with Gasteiger partial charge in [0, 0.05) is 13.1 Å². The second-order valence-electron chi connectivity index (χ2n) is 4.72. The van der Waals surface area contributed by atoms with Crippen molar-refractivity contribution in [1.29, 1.82) is 5.26 Å². The van der Waals surface area contributed by atoms with E-state index in [-0.39, 0.29) is 18.4 Å². The first-order chi connectivity index (χ1) is 9.41. The summed E-state index contributed by atoms with van der Waals surface area (Å²) in [5, 5.41) is 13.9. The van der Waals surface area contributed by atoms with Gasteiger partial charge in [-0.1, -0.05) is 0 Å². The van der Waals surface area contributed by atoms with E-state index in [0.717, 1.165) is 6.26 Å². The average Bonchev–Trinajstić information content (AvgIpc) is 2.85. The summed E-state index contributed by atoms with van der Waals surface area (Å²) in [4.78, 5) is 12.2. The van der Waals surface area contributed by atoms with Gasteiger partial charge in [0.25, 0.3) is 0 Å². The third kappa shape index (κ3) is 3.36. The highest BCUT2D eigenvalue weighted by molar-refractivity contribution is 7.88. The summed E-state index contributed by atoms with van der Waals surface area (Å²) < 4.78 is 24.4. The highest BCUT2D eigenvalue weighted by Gasteiger charge is 2.30. The Morgan fingerprint density at radius 1 is 1.60 bits per heavy atom. The number of sulfonamides is 1. The molecule has 1 atom stereocenters. The van der Waals surface area contributed by atoms with Gasteiger partial charge in [-0.15, -0.1) is 11.3 Å². The molecule has 1 unspecified atom stereocenters. The van der Waals surface area contributed by atoms with Gasteiger partial charge in [-0.25, -0.2) is 12.7 Å². The molecule has 0 aromatic carbocycles. The summed E-state index contributed by atoms with van der Waals surface area (Å²) in [7, 11) is -3.26. The Labute approximate surface area is 122 Å². The zero-order valence-electron chi connectivity index (χ0n) is 11.0. The van der Waals surface area contributed by atoms with Crippen LogP contribution < -0.4 is 5.32 Å². The fourth-order valence-corrected chi connectivity index (χ4v) is 3.82. The molecule has 108 valence electrons. The number of rotatable bonds is 3. The van der Waals surface area contributed by atoms with Crippen LogP contribution in [0.1, 0.15) is 18.4 Å². The number of hydrogen-bond acceptors (Lipinski definition) is 5. The van der Waals surface area contributed by atoms with Gasteiger partial charge in [0.1, 0.15) is 11.1 Å². The normalized spacial score (nSPS) is 20.3. The van der Waals surface area contributed by atoms with Crippen LogP contribution in [-0.4, -0.2) is 38.0 Å². The minimum Gasteiger partial charge on any atom is -0.316 e. The van der Waals surface area contributed by atoms with E-state index in [2.05, 4.69) is 5.32 Å². The predicted molar refractivity (Wildman–Crippen MR) is 76.8 cm³/mol. The van der Waals surface area contributed by atoms with Crippen molar-refractivity contribution in [2.45, 2.75) is 12.8 Å². The van der Waals surface area contributed by atoms with Crippen molar-refractivity contribution < 1.29 is 13.2 Å². The zero-order valence-corrected chi connectivity index (χ0v) is 12.6. The van der Waals surface area contributed by atoms with Crippen LogP contribution >= 0.6 is 11.3 Å². The van der Waals surface area contributed by atoms with Crippen molar-refractivity contribution in [3.63, 3.8) is 0 Å². The first-order valence-electron chi connectivity index (χ1n) is 6.15. The van der Waals surface area contributed by atoms with Crippen LogP contribution in [0, 0.1) is 17.2 Å². The van der Waals surface area contributed by atoms with E-state index in [1.165, 1.54) is 15.6 Å². The minimum absolute atomic E-state index is 0.206. The van der Waals surface area contributed by atoms with Crippen LogP contribution in [0.4, 0.5) is 5.00 Å². The molecule has 0 aliphatic carbocycles. The topological polar surface area (TPSA) is 90.3 Å². The Morgan fingerprint density at radius 3 is 3.00 bits per heavy atom. The summed E-state index contributed by atoms with van der Waals surface area (Å²) in [5.41, 5.74) is 0.430. The Balaban J connectivity index is 2.05. The first-order valence-corrected chi connectivity index (χ1v) is 8.88. The van der Waals surface area contributed by atoms with E-state index in [1.807, 2.05) is 6.07 Å². The molecule has 1 saturated heterocycles. The van der Waals surface area contributed by atoms with Gasteiger partial charge >= 0.3 is 0 Å². The molecule has 20 heavy (non-hydrogen) atoms. The standard InChI is InChI=1S/C12H15N3O3S2/c1-20(17,18)15-5-2-3-10(8-15)11(16)14-12-9(7-13)4-6-19-12/h4,6,10H,2-3,5,8H2,1H3,(H,14,16). The first kappa shape index (κ1) is 15.0. The van der Waals surface area contributed by atoms with Gasteiger partial charge in [-0.05, 0) is 24.3 Å². The maximum absolute atomic E-state index is 12.2. The van der Waals surface area contributed by atoms with Crippen molar-refractivity contribution in [3.05, 3.63) is 17.0 Å². The minimum atomic E-state index is -3.26. The van der Waals surface area contributed by atoms with Gasteiger partial charge < -0.3 is 5.32 Å². The van der Waals surface area contributed by atoms with E-state index in [0.29, 0.717) is 30.0 Å². The summed E-state index contributed by atoms with van der Waals surface area (Å²) in [6, 6.07) is 3.65. The Morgan fingerprint density at radius 2 is 2.35 bits per heavy atom. The molecule has 1 aromatic rings. The maximum atomic E-state index is 12.2. The second kappa shape index (κ2) is 5.91. The molecule has 1 N–H and O–H groups in total. The van der Waals surface area contributed by atoms with Crippen LogP contribution in [0.5, 0.6) is 0 Å². The highest BCUT2D eigenvalue weighted by atomic mass is 32.2. The van der Waals surface area contributed by atoms with Crippen LogP contribution in [0.15, 0.2) is 11.4 Å². The number of nitriles is 1. The summed E-state index contributed by atoms with van der Waals surface area (Å²) in [6.07, 6.45) is 2.48. The Bertz CT molecular complexity index is 645. The molecule has 1 aliphatic heterocycles. The van der Waals surface area contributed by atoms with Crippen LogP contribution in [0.25, 0.3) is 0 Å². The number of amides is 1. The lowest BCUT2D eigenvalue weighted by atomic mass is 9.99. The van der Waals surface area contributed by atoms with Crippen LogP contribution in [-0.2, 0) is 14.8 Å². The SMILES string of the molecule is CS(=O)(=O)N1CCCC(C(=O)Nc2sccc2C#N)C1. The van der Waals surface area contributed by atoms with Gasteiger partial charge in [-0.3, -0.25) is 4.79 Å². The molecular formula is C12H15N3O3S2. The summed E-state index contributed by atoms with van der Waals surface area (Å²) >= 11 is 1.29. The van der Waals surface area contributed by atoms with Gasteiger partial charge in [0.05, 0.1) is 17.7 Å². The number of nitrogens with one attached hydrogen (secondary N) is 1. The second-order valence-corrected chi connectivity index (χ2v) is 7.62. The molecule has 0 spiro atoms. The number of thiophene rings is 1. The van der Waals surface area contributed by atoms with E-state index in [9.17, 15) is 13.2 Å². The highest BCUT2D eigenvalue weighted by Crippen LogP contribution is 2.25. The smallest absolute Gasteiger partial charge is 0.229 e. The molecule has 2 heterocycles. The van der Waals surface area contributed by atoms with Crippen LogP contribution in [0.2, 0.25) is 0 Å². The summed E-state index contributed by atoms with van der Waals surface area (Å²) in [6.45, 7) is 0.670. The molecule has 6 nitrogen and oxygen atoms in total. The van der Waals surface area contributed by atoms with Crippen molar-refractivity contribution in [2.24, 2.45) is 5.92 Å². The largest absolute Gasteiger partial charge is 0.316 e. The fraction of sp³-hybridized carbons (Fsp3) is 0.500. The Kier molecular flexibility index (Phi) is 4.42. The molecule has 0 bridgehead atoms.